The van der Waals surface area contributed by atoms with Gasteiger partial charge >= 0.3 is 5.97 Å². The Balaban J connectivity index is 2.20. The Morgan fingerprint density at radius 2 is 2.08 bits per heavy atom. The molecule has 24 heavy (non-hydrogen) atoms. The molecule has 1 unspecified atom stereocenters. The number of nitrogens with zero attached hydrogens (tertiary/aromatic N) is 1. The number of anilines is 3. The number of pyridine rings is 1. The lowest BCUT2D eigenvalue weighted by molar-refractivity contribution is -0.138. The summed E-state index contributed by atoms with van der Waals surface area (Å²) in [7, 11) is 0. The van der Waals surface area contributed by atoms with E-state index >= 15 is 0 Å². The molecular formula is C18H22ClN3O2. The molecule has 2 aromatic rings. The Bertz CT molecular complexity index is 762. The standard InChI is InChI=1S/C18H22ClN3O2/c1-5-10(2)18(23)24-13-6-7-15(14(19)9-13)22-17-16(20)11(3)8-12(4)21-17/h6-10H,5,20H2,1-4H3,(H,21,22). The highest BCUT2D eigenvalue weighted by Crippen LogP contribution is 2.32. The SMILES string of the molecule is CCC(C)C(=O)Oc1ccc(Nc2nc(C)cc(C)c2N)c(Cl)c1. The zero-order valence-electron chi connectivity index (χ0n) is 14.3. The van der Waals surface area contributed by atoms with Crippen molar-refractivity contribution in [1.29, 1.82) is 0 Å². The van der Waals surface area contributed by atoms with Crippen LogP contribution in [0.1, 0.15) is 31.5 Å². The second-order valence-electron chi connectivity index (χ2n) is 5.84. The molecule has 1 aromatic carbocycles. The van der Waals surface area contributed by atoms with E-state index in [1.54, 1.807) is 18.2 Å². The molecule has 0 aliphatic carbocycles. The van der Waals surface area contributed by atoms with E-state index in [0.29, 0.717) is 28.0 Å². The summed E-state index contributed by atoms with van der Waals surface area (Å²) in [4.78, 5) is 16.2. The fourth-order valence-electron chi connectivity index (χ4n) is 2.11. The monoisotopic (exact) mass is 347 g/mol. The lowest BCUT2D eigenvalue weighted by Gasteiger charge is -2.14. The second kappa shape index (κ2) is 7.53. The fraction of sp³-hybridized carbons (Fsp3) is 0.333. The Morgan fingerprint density at radius 1 is 1.38 bits per heavy atom. The first kappa shape index (κ1) is 18.1. The molecule has 1 atom stereocenters. The van der Waals surface area contributed by atoms with Crippen molar-refractivity contribution < 1.29 is 9.53 Å². The number of carbonyl (C=O) groups excluding carboxylic acids is 1. The zero-order chi connectivity index (χ0) is 17.9. The van der Waals surface area contributed by atoms with Crippen LogP contribution < -0.4 is 15.8 Å². The van der Waals surface area contributed by atoms with E-state index in [9.17, 15) is 4.79 Å². The van der Waals surface area contributed by atoms with E-state index in [1.807, 2.05) is 33.8 Å². The number of nitrogen functional groups attached to an aromatic ring is 1. The summed E-state index contributed by atoms with van der Waals surface area (Å²) in [6, 6.07) is 6.94. The number of aromatic nitrogens is 1. The molecule has 5 nitrogen and oxygen atoms in total. The van der Waals surface area contributed by atoms with Gasteiger partial charge in [-0.25, -0.2) is 4.98 Å². The molecule has 1 heterocycles. The number of aryl methyl sites for hydroxylation is 2. The fourth-order valence-corrected chi connectivity index (χ4v) is 2.33. The van der Waals surface area contributed by atoms with Crippen LogP contribution in [0, 0.1) is 19.8 Å². The maximum Gasteiger partial charge on any atom is 0.314 e. The number of halogens is 1. The number of hydrogen-bond acceptors (Lipinski definition) is 5. The van der Waals surface area contributed by atoms with Gasteiger partial charge in [-0.2, -0.15) is 0 Å². The van der Waals surface area contributed by atoms with E-state index < -0.39 is 0 Å². The van der Waals surface area contributed by atoms with Crippen molar-refractivity contribution in [2.45, 2.75) is 34.1 Å². The van der Waals surface area contributed by atoms with Gasteiger partial charge in [0.05, 0.1) is 22.3 Å². The maximum atomic E-state index is 11.8. The molecule has 2 rings (SSSR count). The first-order chi connectivity index (χ1) is 11.3. The van der Waals surface area contributed by atoms with Gasteiger partial charge < -0.3 is 15.8 Å². The molecule has 0 saturated heterocycles. The molecule has 128 valence electrons. The largest absolute Gasteiger partial charge is 0.426 e. The van der Waals surface area contributed by atoms with Crippen LogP contribution in [-0.4, -0.2) is 11.0 Å². The Kier molecular flexibility index (Phi) is 5.67. The van der Waals surface area contributed by atoms with E-state index in [0.717, 1.165) is 17.7 Å². The van der Waals surface area contributed by atoms with E-state index in [-0.39, 0.29) is 11.9 Å². The van der Waals surface area contributed by atoms with Crippen molar-refractivity contribution in [3.05, 3.63) is 40.5 Å². The third-order valence-electron chi connectivity index (χ3n) is 3.82. The van der Waals surface area contributed by atoms with Crippen molar-refractivity contribution in [1.82, 2.24) is 4.98 Å². The van der Waals surface area contributed by atoms with E-state index in [4.69, 9.17) is 22.1 Å². The van der Waals surface area contributed by atoms with Crippen molar-refractivity contribution in [2.75, 3.05) is 11.1 Å². The van der Waals surface area contributed by atoms with Crippen LogP contribution >= 0.6 is 11.6 Å². The highest BCUT2D eigenvalue weighted by molar-refractivity contribution is 6.33. The van der Waals surface area contributed by atoms with Crippen LogP contribution in [0.2, 0.25) is 5.02 Å². The van der Waals surface area contributed by atoms with Crippen molar-refractivity contribution in [2.24, 2.45) is 5.92 Å². The molecule has 0 fully saturated rings. The molecule has 0 bridgehead atoms. The molecule has 0 spiro atoms. The van der Waals surface area contributed by atoms with E-state index in [1.165, 1.54) is 0 Å². The summed E-state index contributed by atoms with van der Waals surface area (Å²) >= 11 is 6.29. The van der Waals surface area contributed by atoms with Gasteiger partial charge in [-0.3, -0.25) is 4.79 Å². The average Bonchev–Trinajstić information content (AvgIpc) is 2.53. The van der Waals surface area contributed by atoms with Gasteiger partial charge in [0.15, 0.2) is 5.82 Å². The van der Waals surface area contributed by atoms with Gasteiger partial charge in [0, 0.05) is 11.8 Å². The Hall–Kier alpha value is -2.27. The van der Waals surface area contributed by atoms with Crippen LogP contribution in [0.4, 0.5) is 17.2 Å². The third kappa shape index (κ3) is 4.17. The average molecular weight is 348 g/mol. The number of carbonyl (C=O) groups is 1. The van der Waals surface area contributed by atoms with Gasteiger partial charge in [-0.05, 0) is 44.0 Å². The van der Waals surface area contributed by atoms with Crippen LogP contribution in [0.5, 0.6) is 5.75 Å². The molecule has 0 saturated carbocycles. The highest BCUT2D eigenvalue weighted by atomic mass is 35.5. The summed E-state index contributed by atoms with van der Waals surface area (Å²) in [5.74, 6) is 0.547. The molecule has 0 radical (unpaired) electrons. The molecule has 3 N–H and O–H groups in total. The number of benzene rings is 1. The van der Waals surface area contributed by atoms with Gasteiger partial charge in [-0.15, -0.1) is 0 Å². The van der Waals surface area contributed by atoms with Crippen molar-refractivity contribution in [3.8, 4) is 5.75 Å². The van der Waals surface area contributed by atoms with E-state index in [2.05, 4.69) is 10.3 Å². The summed E-state index contributed by atoms with van der Waals surface area (Å²) in [5, 5.41) is 3.55. The predicted molar refractivity (Wildman–Crippen MR) is 97.9 cm³/mol. The smallest absolute Gasteiger partial charge is 0.314 e. The number of nitrogens with two attached hydrogens (primary N) is 1. The minimum absolute atomic E-state index is 0.152. The van der Waals surface area contributed by atoms with Gasteiger partial charge in [-0.1, -0.05) is 25.4 Å². The molecular weight excluding hydrogens is 326 g/mol. The molecule has 0 aliphatic rings. The number of esters is 1. The lowest BCUT2D eigenvalue weighted by Crippen LogP contribution is -2.16. The minimum Gasteiger partial charge on any atom is -0.426 e. The quantitative estimate of drug-likeness (QED) is 0.609. The zero-order valence-corrected chi connectivity index (χ0v) is 15.1. The van der Waals surface area contributed by atoms with Crippen LogP contribution in [0.25, 0.3) is 0 Å². The third-order valence-corrected chi connectivity index (χ3v) is 4.13. The number of hydrogen-bond donors (Lipinski definition) is 2. The number of nitrogens with one attached hydrogen (secondary N) is 1. The first-order valence-corrected chi connectivity index (χ1v) is 8.21. The topological polar surface area (TPSA) is 77.2 Å². The lowest BCUT2D eigenvalue weighted by atomic mass is 10.1. The van der Waals surface area contributed by atoms with Gasteiger partial charge in [0.25, 0.3) is 0 Å². The minimum atomic E-state index is -0.269. The molecule has 1 aromatic heterocycles. The summed E-state index contributed by atoms with van der Waals surface area (Å²) in [6.45, 7) is 7.59. The predicted octanol–water partition coefficient (Wildman–Crippen LogP) is 4.63. The van der Waals surface area contributed by atoms with Crippen LogP contribution in [-0.2, 0) is 4.79 Å². The number of ether oxygens (including phenoxy) is 1. The van der Waals surface area contributed by atoms with Gasteiger partial charge in [0.1, 0.15) is 5.75 Å². The number of rotatable bonds is 5. The van der Waals surface area contributed by atoms with Crippen molar-refractivity contribution >= 4 is 34.8 Å². The van der Waals surface area contributed by atoms with Crippen molar-refractivity contribution in [3.63, 3.8) is 0 Å². The summed E-state index contributed by atoms with van der Waals surface area (Å²) in [5.41, 5.74) is 9.08. The Labute approximate surface area is 147 Å². The molecule has 6 heteroatoms. The van der Waals surface area contributed by atoms with Crippen LogP contribution in [0.15, 0.2) is 24.3 Å². The normalized spacial score (nSPS) is 11.9. The molecule has 0 aliphatic heterocycles. The summed E-state index contributed by atoms with van der Waals surface area (Å²) in [6.07, 6.45) is 0.726. The molecule has 0 amide bonds. The Morgan fingerprint density at radius 3 is 2.71 bits per heavy atom. The maximum absolute atomic E-state index is 11.8. The highest BCUT2D eigenvalue weighted by Gasteiger charge is 2.14. The van der Waals surface area contributed by atoms with Gasteiger partial charge in [0.2, 0.25) is 0 Å². The summed E-state index contributed by atoms with van der Waals surface area (Å²) < 4.78 is 5.32. The van der Waals surface area contributed by atoms with Crippen LogP contribution in [0.3, 0.4) is 0 Å². The second-order valence-corrected chi connectivity index (χ2v) is 6.25. The first-order valence-electron chi connectivity index (χ1n) is 7.83.